The molecule has 1 aliphatic carbocycles. The van der Waals surface area contributed by atoms with Crippen molar-refractivity contribution in [3.8, 4) is 5.75 Å². The van der Waals surface area contributed by atoms with Gasteiger partial charge in [-0.1, -0.05) is 38.3 Å². The van der Waals surface area contributed by atoms with Gasteiger partial charge in [0.05, 0.1) is 23.8 Å². The molecule has 3 atom stereocenters. The van der Waals surface area contributed by atoms with Crippen molar-refractivity contribution in [2.75, 3.05) is 32.1 Å². The topological polar surface area (TPSA) is 131 Å². The predicted octanol–water partition coefficient (Wildman–Crippen LogP) is 4.19. The Kier molecular flexibility index (Phi) is 10.2. The Balaban J connectivity index is 1.51. The fraction of sp³-hybridized carbons (Fsp3) is 0.516. The van der Waals surface area contributed by atoms with Crippen LogP contribution in [0.2, 0.25) is 0 Å². The van der Waals surface area contributed by atoms with Crippen LogP contribution in [0.1, 0.15) is 72.2 Å². The standard InChI is InChI=1S/C31H42N4O6/c1-20-16-35(21(2)19-36)29(37)26-15-25(33-31(40)32-24-7-5-4-6-8-24)13-14-27(26)41-28(20)18-34(3)17-22-9-11-23(12-10-22)30(38)39/h9-15,20-21,24,28,36H,4-8,16-19H2,1-3H3,(H,38,39)(H2,32,33,40)/t20-,21-,28-/m0/s1. The Labute approximate surface area is 241 Å². The minimum Gasteiger partial charge on any atom is -0.488 e. The molecule has 1 aliphatic heterocycles. The Hall–Kier alpha value is -3.63. The highest BCUT2D eigenvalue weighted by atomic mass is 16.5. The van der Waals surface area contributed by atoms with Crippen LogP contribution in [-0.4, -0.2) is 82.9 Å². The highest BCUT2D eigenvalue weighted by molar-refractivity contribution is 5.99. The zero-order valence-corrected chi connectivity index (χ0v) is 24.1. The first kappa shape index (κ1) is 30.3. The van der Waals surface area contributed by atoms with E-state index in [2.05, 4.69) is 15.5 Å². The Morgan fingerprint density at radius 3 is 2.49 bits per heavy atom. The van der Waals surface area contributed by atoms with E-state index in [1.165, 1.54) is 6.42 Å². The number of nitrogens with zero attached hydrogens (tertiary/aromatic N) is 2. The van der Waals surface area contributed by atoms with E-state index < -0.39 is 12.0 Å². The fourth-order valence-electron chi connectivity index (χ4n) is 5.55. The number of benzene rings is 2. The van der Waals surface area contributed by atoms with Gasteiger partial charge in [-0.25, -0.2) is 9.59 Å². The van der Waals surface area contributed by atoms with Crippen LogP contribution < -0.4 is 15.4 Å². The summed E-state index contributed by atoms with van der Waals surface area (Å²) in [5.74, 6) is -0.828. The minimum atomic E-state index is -0.959. The first-order chi connectivity index (χ1) is 19.6. The number of carbonyl (C=O) groups is 3. The highest BCUT2D eigenvalue weighted by Gasteiger charge is 2.33. The van der Waals surface area contributed by atoms with E-state index in [1.54, 1.807) is 47.4 Å². The molecule has 1 heterocycles. The number of fused-ring (bicyclic) bond motifs is 1. The Bertz CT molecular complexity index is 1210. The molecular formula is C31H42N4O6. The number of carboxylic acids is 1. The fourth-order valence-corrected chi connectivity index (χ4v) is 5.55. The Morgan fingerprint density at radius 2 is 1.83 bits per heavy atom. The summed E-state index contributed by atoms with van der Waals surface area (Å²) in [6.45, 7) is 5.21. The smallest absolute Gasteiger partial charge is 0.335 e. The van der Waals surface area contributed by atoms with E-state index in [0.717, 1.165) is 31.2 Å². The van der Waals surface area contributed by atoms with Crippen molar-refractivity contribution in [2.24, 2.45) is 5.92 Å². The molecule has 0 saturated heterocycles. The van der Waals surface area contributed by atoms with Gasteiger partial charge >= 0.3 is 12.0 Å². The number of ether oxygens (including phenoxy) is 1. The third-order valence-corrected chi connectivity index (χ3v) is 8.01. The maximum Gasteiger partial charge on any atom is 0.335 e. The molecule has 41 heavy (non-hydrogen) atoms. The molecule has 1 saturated carbocycles. The lowest BCUT2D eigenvalue weighted by Crippen LogP contribution is -2.49. The molecule has 1 fully saturated rings. The molecule has 10 nitrogen and oxygen atoms in total. The van der Waals surface area contributed by atoms with Crippen LogP contribution in [0.3, 0.4) is 0 Å². The lowest BCUT2D eigenvalue weighted by Gasteiger charge is -2.38. The number of urea groups is 1. The normalized spacial score (nSPS) is 20.4. The van der Waals surface area contributed by atoms with Crippen LogP contribution >= 0.6 is 0 Å². The van der Waals surface area contributed by atoms with E-state index >= 15 is 0 Å². The van der Waals surface area contributed by atoms with Crippen molar-refractivity contribution in [3.63, 3.8) is 0 Å². The van der Waals surface area contributed by atoms with Crippen molar-refractivity contribution in [1.29, 1.82) is 0 Å². The zero-order chi connectivity index (χ0) is 29.5. The quantitative estimate of drug-likeness (QED) is 0.358. The van der Waals surface area contributed by atoms with Gasteiger partial charge in [-0.3, -0.25) is 9.69 Å². The summed E-state index contributed by atoms with van der Waals surface area (Å²) in [7, 11) is 1.97. The largest absolute Gasteiger partial charge is 0.488 e. The van der Waals surface area contributed by atoms with Gasteiger partial charge < -0.3 is 30.5 Å². The molecular weight excluding hydrogens is 524 g/mol. The Morgan fingerprint density at radius 1 is 1.12 bits per heavy atom. The second kappa shape index (κ2) is 13.8. The molecule has 0 unspecified atom stereocenters. The van der Waals surface area contributed by atoms with Crippen LogP contribution in [0.15, 0.2) is 42.5 Å². The van der Waals surface area contributed by atoms with E-state index in [-0.39, 0.29) is 42.2 Å². The lowest BCUT2D eigenvalue weighted by molar-refractivity contribution is 0.0341. The van der Waals surface area contributed by atoms with Crippen LogP contribution in [0, 0.1) is 5.92 Å². The summed E-state index contributed by atoms with van der Waals surface area (Å²) < 4.78 is 6.46. The molecule has 3 amide bonds. The van der Waals surface area contributed by atoms with Crippen molar-refractivity contribution >= 4 is 23.6 Å². The van der Waals surface area contributed by atoms with Crippen molar-refractivity contribution < 1.29 is 29.3 Å². The number of carbonyl (C=O) groups excluding carboxylic acids is 2. The second-order valence-electron chi connectivity index (χ2n) is 11.5. The summed E-state index contributed by atoms with van der Waals surface area (Å²) in [4.78, 5) is 41.3. The van der Waals surface area contributed by atoms with E-state index in [9.17, 15) is 19.5 Å². The molecule has 2 aliphatic rings. The number of hydrogen-bond acceptors (Lipinski definition) is 6. The van der Waals surface area contributed by atoms with Crippen LogP contribution in [0.5, 0.6) is 5.75 Å². The molecule has 0 spiro atoms. The maximum absolute atomic E-state index is 13.7. The van der Waals surface area contributed by atoms with Gasteiger partial charge in [-0.15, -0.1) is 0 Å². The average molecular weight is 567 g/mol. The van der Waals surface area contributed by atoms with Gasteiger partial charge in [0, 0.05) is 37.3 Å². The molecule has 2 aromatic carbocycles. The number of likely N-dealkylation sites (N-methyl/N-ethyl adjacent to an activating group) is 1. The van der Waals surface area contributed by atoms with Gasteiger partial charge in [-0.05, 0) is 62.7 Å². The van der Waals surface area contributed by atoms with Crippen molar-refractivity contribution in [2.45, 2.75) is 70.7 Å². The predicted molar refractivity (Wildman–Crippen MR) is 156 cm³/mol. The number of rotatable bonds is 9. The second-order valence-corrected chi connectivity index (χ2v) is 11.5. The summed E-state index contributed by atoms with van der Waals surface area (Å²) in [5, 5.41) is 25.0. The molecule has 0 radical (unpaired) electrons. The van der Waals surface area contributed by atoms with Gasteiger partial charge in [0.15, 0.2) is 0 Å². The summed E-state index contributed by atoms with van der Waals surface area (Å²) in [6.07, 6.45) is 5.09. The molecule has 4 N–H and O–H groups in total. The number of nitrogens with one attached hydrogen (secondary N) is 2. The van der Waals surface area contributed by atoms with Crippen molar-refractivity contribution in [3.05, 3.63) is 59.2 Å². The third-order valence-electron chi connectivity index (χ3n) is 8.01. The molecule has 10 heteroatoms. The summed E-state index contributed by atoms with van der Waals surface area (Å²) in [5.41, 5.74) is 2.06. The van der Waals surface area contributed by atoms with Gasteiger partial charge in [-0.2, -0.15) is 0 Å². The number of aromatic carboxylic acids is 1. The number of hydrogen-bond donors (Lipinski definition) is 4. The van der Waals surface area contributed by atoms with Gasteiger partial charge in [0.25, 0.3) is 5.91 Å². The van der Waals surface area contributed by atoms with Crippen LogP contribution in [0.4, 0.5) is 10.5 Å². The summed E-state index contributed by atoms with van der Waals surface area (Å²) >= 11 is 0. The first-order valence-electron chi connectivity index (χ1n) is 14.5. The number of aliphatic hydroxyl groups is 1. The molecule has 0 bridgehead atoms. The maximum atomic E-state index is 13.7. The molecule has 4 rings (SSSR count). The molecule has 0 aromatic heterocycles. The van der Waals surface area contributed by atoms with Crippen LogP contribution in [-0.2, 0) is 6.54 Å². The van der Waals surface area contributed by atoms with Gasteiger partial charge in [0.2, 0.25) is 0 Å². The average Bonchev–Trinajstić information content (AvgIpc) is 2.95. The monoisotopic (exact) mass is 566 g/mol. The highest BCUT2D eigenvalue weighted by Crippen LogP contribution is 2.31. The third kappa shape index (κ3) is 7.98. The van der Waals surface area contributed by atoms with E-state index in [1.807, 2.05) is 20.9 Å². The molecule has 2 aromatic rings. The van der Waals surface area contributed by atoms with E-state index in [0.29, 0.717) is 36.6 Å². The molecule has 222 valence electrons. The number of amides is 3. The van der Waals surface area contributed by atoms with Crippen LogP contribution in [0.25, 0.3) is 0 Å². The lowest BCUT2D eigenvalue weighted by atomic mass is 9.96. The summed E-state index contributed by atoms with van der Waals surface area (Å²) in [6, 6.07) is 11.4. The SMILES string of the molecule is C[C@H]1CN([C@@H](C)CO)C(=O)c2cc(NC(=O)NC3CCCCC3)ccc2O[C@H]1CN(C)Cc1ccc(C(=O)O)cc1. The first-order valence-corrected chi connectivity index (χ1v) is 14.5. The number of anilines is 1. The number of carboxylic acid groups (broad SMARTS) is 1. The zero-order valence-electron chi connectivity index (χ0n) is 24.1. The van der Waals surface area contributed by atoms with E-state index in [4.69, 9.17) is 9.84 Å². The van der Waals surface area contributed by atoms with Gasteiger partial charge in [0.1, 0.15) is 11.9 Å². The van der Waals surface area contributed by atoms with Crippen molar-refractivity contribution in [1.82, 2.24) is 15.1 Å². The minimum absolute atomic E-state index is 0.0444. The number of aliphatic hydroxyl groups excluding tert-OH is 1.